The number of rotatable bonds is 6. The fourth-order valence-electron chi connectivity index (χ4n) is 2.30. The van der Waals surface area contributed by atoms with Gasteiger partial charge in [0.25, 0.3) is 0 Å². The van der Waals surface area contributed by atoms with E-state index in [9.17, 15) is 0 Å². The molecule has 2 N–H and O–H groups in total. The second kappa shape index (κ2) is 7.27. The van der Waals surface area contributed by atoms with Crippen molar-refractivity contribution in [3.8, 4) is 0 Å². The zero-order chi connectivity index (χ0) is 13.7. The number of hydrogen-bond acceptors (Lipinski definition) is 2. The molecule has 3 heteroatoms. The van der Waals surface area contributed by atoms with Gasteiger partial charge < -0.3 is 5.73 Å². The van der Waals surface area contributed by atoms with Crippen LogP contribution in [0.25, 0.3) is 0 Å². The Labute approximate surface area is 120 Å². The molecule has 0 saturated carbocycles. The molecule has 1 atom stereocenters. The van der Waals surface area contributed by atoms with Crippen LogP contribution < -0.4 is 5.73 Å². The summed E-state index contributed by atoms with van der Waals surface area (Å²) in [7, 11) is 0. The molecular weight excluding hydrogens is 288 g/mol. The van der Waals surface area contributed by atoms with Crippen LogP contribution >= 0.6 is 15.9 Å². The van der Waals surface area contributed by atoms with E-state index in [0.717, 1.165) is 11.0 Å². The van der Waals surface area contributed by atoms with E-state index in [1.807, 2.05) is 0 Å². The molecule has 1 rings (SSSR count). The van der Waals surface area contributed by atoms with Crippen molar-refractivity contribution in [2.75, 3.05) is 13.1 Å². The van der Waals surface area contributed by atoms with Crippen LogP contribution in [0.3, 0.4) is 0 Å². The molecule has 18 heavy (non-hydrogen) atoms. The zero-order valence-corrected chi connectivity index (χ0v) is 13.4. The van der Waals surface area contributed by atoms with Gasteiger partial charge in [0.15, 0.2) is 0 Å². The first-order chi connectivity index (χ1) is 8.45. The zero-order valence-electron chi connectivity index (χ0n) is 11.9. The topological polar surface area (TPSA) is 29.3 Å². The largest absolute Gasteiger partial charge is 0.329 e. The van der Waals surface area contributed by atoms with Gasteiger partial charge in [0.2, 0.25) is 0 Å². The molecule has 0 radical (unpaired) electrons. The first-order valence-corrected chi connectivity index (χ1v) is 7.46. The van der Waals surface area contributed by atoms with Crippen molar-refractivity contribution in [2.45, 2.75) is 39.8 Å². The summed E-state index contributed by atoms with van der Waals surface area (Å²) in [5.74, 6) is 0.647. The molecule has 0 bridgehead atoms. The Bertz CT molecular complexity index is 363. The average Bonchev–Trinajstić information content (AvgIpc) is 2.28. The maximum atomic E-state index is 6.01. The highest BCUT2D eigenvalue weighted by molar-refractivity contribution is 9.10. The van der Waals surface area contributed by atoms with Gasteiger partial charge in [0.1, 0.15) is 0 Å². The third-order valence-electron chi connectivity index (χ3n) is 3.10. The van der Waals surface area contributed by atoms with Crippen molar-refractivity contribution >= 4 is 15.9 Å². The Kier molecular flexibility index (Phi) is 6.33. The summed E-state index contributed by atoms with van der Waals surface area (Å²) in [6, 6.07) is 9.27. The van der Waals surface area contributed by atoms with Crippen molar-refractivity contribution in [3.63, 3.8) is 0 Å². The molecule has 0 saturated heterocycles. The number of halogens is 1. The molecule has 0 aliphatic heterocycles. The normalized spacial score (nSPS) is 13.6. The van der Waals surface area contributed by atoms with Crippen molar-refractivity contribution in [3.05, 3.63) is 34.3 Å². The average molecular weight is 313 g/mol. The fraction of sp³-hybridized carbons (Fsp3) is 0.600. The highest BCUT2D eigenvalue weighted by Crippen LogP contribution is 2.25. The number of benzene rings is 1. The van der Waals surface area contributed by atoms with Crippen LogP contribution in [-0.4, -0.2) is 24.0 Å². The smallest absolute Gasteiger partial charge is 0.0473 e. The maximum Gasteiger partial charge on any atom is 0.0473 e. The van der Waals surface area contributed by atoms with Crippen molar-refractivity contribution < 1.29 is 0 Å². The van der Waals surface area contributed by atoms with Crippen LogP contribution in [0.1, 0.15) is 39.3 Å². The predicted octanol–water partition coefficient (Wildman–Crippen LogP) is 3.82. The van der Waals surface area contributed by atoms with Gasteiger partial charge in [0.05, 0.1) is 0 Å². The summed E-state index contributed by atoms with van der Waals surface area (Å²) in [5, 5.41) is 0. The van der Waals surface area contributed by atoms with E-state index in [0.29, 0.717) is 24.5 Å². The molecule has 0 aliphatic rings. The highest BCUT2D eigenvalue weighted by atomic mass is 79.9. The summed E-state index contributed by atoms with van der Waals surface area (Å²) in [4.78, 5) is 2.49. The van der Waals surface area contributed by atoms with E-state index in [2.05, 4.69) is 72.8 Å². The van der Waals surface area contributed by atoms with Crippen LogP contribution in [0.15, 0.2) is 28.7 Å². The lowest BCUT2D eigenvalue weighted by Crippen LogP contribution is -2.40. The molecule has 0 fully saturated rings. The van der Waals surface area contributed by atoms with Crippen LogP contribution in [0.4, 0.5) is 0 Å². The molecular formula is C15H25BrN2. The molecule has 0 spiro atoms. The van der Waals surface area contributed by atoms with Gasteiger partial charge in [-0.1, -0.05) is 41.9 Å². The second-order valence-electron chi connectivity index (χ2n) is 5.49. The minimum atomic E-state index is 0.296. The first-order valence-electron chi connectivity index (χ1n) is 6.67. The lowest BCUT2D eigenvalue weighted by atomic mass is 10.0. The Balaban J connectivity index is 2.98. The molecule has 0 aliphatic carbocycles. The van der Waals surface area contributed by atoms with E-state index >= 15 is 0 Å². The standard InChI is InChI=1S/C15H25BrN2/c1-11(2)10-18(12(3)4)15(9-17)13-6-5-7-14(16)8-13/h5-8,11-12,15H,9-10,17H2,1-4H3. The molecule has 102 valence electrons. The van der Waals surface area contributed by atoms with Gasteiger partial charge in [-0.25, -0.2) is 0 Å². The van der Waals surface area contributed by atoms with E-state index in [1.165, 1.54) is 5.56 Å². The lowest BCUT2D eigenvalue weighted by molar-refractivity contribution is 0.138. The first kappa shape index (κ1) is 15.7. The summed E-state index contributed by atoms with van der Waals surface area (Å²) >= 11 is 3.54. The van der Waals surface area contributed by atoms with Crippen molar-refractivity contribution in [2.24, 2.45) is 11.7 Å². The summed E-state index contributed by atoms with van der Waals surface area (Å²) in [6.45, 7) is 10.7. The summed E-state index contributed by atoms with van der Waals surface area (Å²) < 4.78 is 1.12. The number of nitrogens with two attached hydrogens (primary N) is 1. The van der Waals surface area contributed by atoms with Gasteiger partial charge in [-0.15, -0.1) is 0 Å². The fourth-order valence-corrected chi connectivity index (χ4v) is 2.71. The monoisotopic (exact) mass is 312 g/mol. The molecule has 0 heterocycles. The van der Waals surface area contributed by atoms with Gasteiger partial charge in [-0.05, 0) is 37.5 Å². The van der Waals surface area contributed by atoms with Gasteiger partial charge in [-0.2, -0.15) is 0 Å². The van der Waals surface area contributed by atoms with E-state index < -0.39 is 0 Å². The SMILES string of the molecule is CC(C)CN(C(C)C)C(CN)c1cccc(Br)c1. The minimum Gasteiger partial charge on any atom is -0.329 e. The van der Waals surface area contributed by atoms with E-state index in [4.69, 9.17) is 5.73 Å². The quantitative estimate of drug-likeness (QED) is 0.865. The second-order valence-corrected chi connectivity index (χ2v) is 6.41. The molecule has 0 aromatic heterocycles. The molecule has 1 aromatic rings. The minimum absolute atomic E-state index is 0.296. The Hall–Kier alpha value is -0.380. The molecule has 1 aromatic carbocycles. The summed E-state index contributed by atoms with van der Waals surface area (Å²) in [6.07, 6.45) is 0. The van der Waals surface area contributed by atoms with Crippen LogP contribution in [0.2, 0.25) is 0 Å². The Morgan fingerprint density at radius 3 is 2.33 bits per heavy atom. The highest BCUT2D eigenvalue weighted by Gasteiger charge is 2.22. The molecule has 1 unspecified atom stereocenters. The summed E-state index contributed by atoms with van der Waals surface area (Å²) in [5.41, 5.74) is 7.31. The number of hydrogen-bond donors (Lipinski definition) is 1. The van der Waals surface area contributed by atoms with Crippen LogP contribution in [0, 0.1) is 5.92 Å². The Morgan fingerprint density at radius 1 is 1.22 bits per heavy atom. The lowest BCUT2D eigenvalue weighted by Gasteiger charge is -2.36. The van der Waals surface area contributed by atoms with Gasteiger partial charge in [0, 0.05) is 29.6 Å². The van der Waals surface area contributed by atoms with E-state index in [1.54, 1.807) is 0 Å². The number of nitrogens with zero attached hydrogens (tertiary/aromatic N) is 1. The third kappa shape index (κ3) is 4.38. The predicted molar refractivity (Wildman–Crippen MR) is 82.6 cm³/mol. The van der Waals surface area contributed by atoms with Crippen molar-refractivity contribution in [1.82, 2.24) is 4.90 Å². The van der Waals surface area contributed by atoms with E-state index in [-0.39, 0.29) is 0 Å². The van der Waals surface area contributed by atoms with Crippen LogP contribution in [-0.2, 0) is 0 Å². The molecule has 0 amide bonds. The van der Waals surface area contributed by atoms with Crippen LogP contribution in [0.5, 0.6) is 0 Å². The van der Waals surface area contributed by atoms with Gasteiger partial charge >= 0.3 is 0 Å². The maximum absolute atomic E-state index is 6.01. The van der Waals surface area contributed by atoms with Gasteiger partial charge in [-0.3, -0.25) is 4.90 Å². The molecule has 2 nitrogen and oxygen atoms in total. The Morgan fingerprint density at radius 2 is 1.89 bits per heavy atom. The van der Waals surface area contributed by atoms with Crippen molar-refractivity contribution in [1.29, 1.82) is 0 Å². The third-order valence-corrected chi connectivity index (χ3v) is 3.59.